The number of piperidine rings is 1. The number of aryl methyl sites for hydroxylation is 1. The first-order valence-electron chi connectivity index (χ1n) is 9.15. The molecule has 5 heteroatoms. The van der Waals surface area contributed by atoms with E-state index in [1.54, 1.807) is 0 Å². The highest BCUT2D eigenvalue weighted by molar-refractivity contribution is 5.94. The highest BCUT2D eigenvalue weighted by Crippen LogP contribution is 2.38. The summed E-state index contributed by atoms with van der Waals surface area (Å²) in [5.41, 5.74) is 1.80. The predicted molar refractivity (Wildman–Crippen MR) is 97.7 cm³/mol. The molecule has 0 spiro atoms. The van der Waals surface area contributed by atoms with Crippen LogP contribution in [0.5, 0.6) is 0 Å². The van der Waals surface area contributed by atoms with E-state index < -0.39 is 0 Å². The van der Waals surface area contributed by atoms with Gasteiger partial charge in [0.25, 0.3) is 5.91 Å². The molecule has 1 saturated carbocycles. The lowest BCUT2D eigenvalue weighted by Gasteiger charge is -2.32. The molecule has 0 bridgehead atoms. The number of hydrogen-bond donors (Lipinski definition) is 1. The molecular weight excluding hydrogens is 312 g/mol. The van der Waals surface area contributed by atoms with Crippen molar-refractivity contribution in [2.45, 2.75) is 44.6 Å². The molecule has 1 aliphatic heterocycles. The molecule has 1 amide bonds. The van der Waals surface area contributed by atoms with E-state index in [0.29, 0.717) is 12.0 Å². The first-order valence-corrected chi connectivity index (χ1v) is 9.15. The average Bonchev–Trinajstić information content (AvgIpc) is 3.47. The molecule has 1 N–H and O–H groups in total. The molecule has 130 valence electrons. The molecule has 0 atom stereocenters. The third-order valence-corrected chi connectivity index (χ3v) is 4.97. The monoisotopic (exact) mass is 336 g/mol. The molecule has 1 aromatic heterocycles. The van der Waals surface area contributed by atoms with Crippen LogP contribution >= 0.6 is 0 Å². The van der Waals surface area contributed by atoms with Gasteiger partial charge < -0.3 is 10.2 Å². The Bertz CT molecular complexity index is 750. The van der Waals surface area contributed by atoms with Gasteiger partial charge in [0.1, 0.15) is 11.6 Å². The number of nitrogens with zero attached hydrogens (tertiary/aromatic N) is 3. The Morgan fingerprint density at radius 1 is 1.08 bits per heavy atom. The fraction of sp³-hybridized carbons (Fsp3) is 0.450. The minimum absolute atomic E-state index is 0.132. The molecule has 2 fully saturated rings. The smallest absolute Gasteiger partial charge is 0.253 e. The summed E-state index contributed by atoms with van der Waals surface area (Å²) in [5, 5.41) is 3.55. The third kappa shape index (κ3) is 3.81. The molecule has 0 unspecified atom stereocenters. The Hall–Kier alpha value is -2.43. The minimum atomic E-state index is 0.132. The Kier molecular flexibility index (Phi) is 4.38. The Labute approximate surface area is 148 Å². The van der Waals surface area contributed by atoms with Crippen LogP contribution in [-0.4, -0.2) is 39.9 Å². The molecule has 2 aromatic rings. The number of benzene rings is 1. The zero-order valence-electron chi connectivity index (χ0n) is 14.6. The molecule has 0 radical (unpaired) electrons. The summed E-state index contributed by atoms with van der Waals surface area (Å²) in [6, 6.07) is 11.9. The second-order valence-corrected chi connectivity index (χ2v) is 7.10. The molecule has 1 saturated heterocycles. The summed E-state index contributed by atoms with van der Waals surface area (Å²) in [4.78, 5) is 23.7. The molecular formula is C20H24N4O. The van der Waals surface area contributed by atoms with Crippen molar-refractivity contribution in [2.24, 2.45) is 0 Å². The van der Waals surface area contributed by atoms with Crippen molar-refractivity contribution in [1.82, 2.24) is 14.9 Å². The van der Waals surface area contributed by atoms with Gasteiger partial charge in [0.05, 0.1) is 0 Å². The van der Waals surface area contributed by atoms with Crippen molar-refractivity contribution in [2.75, 3.05) is 18.4 Å². The van der Waals surface area contributed by atoms with Crippen LogP contribution < -0.4 is 5.32 Å². The summed E-state index contributed by atoms with van der Waals surface area (Å²) in [6.45, 7) is 3.59. The fourth-order valence-corrected chi connectivity index (χ4v) is 3.39. The third-order valence-electron chi connectivity index (χ3n) is 4.97. The molecule has 5 nitrogen and oxygen atoms in total. The molecule has 1 aromatic carbocycles. The van der Waals surface area contributed by atoms with Gasteiger partial charge in [-0.1, -0.05) is 18.2 Å². The second kappa shape index (κ2) is 6.82. The first kappa shape index (κ1) is 16.1. The molecule has 4 rings (SSSR count). The van der Waals surface area contributed by atoms with E-state index in [-0.39, 0.29) is 5.91 Å². The van der Waals surface area contributed by atoms with Gasteiger partial charge in [0.2, 0.25) is 0 Å². The Balaban J connectivity index is 1.35. The maximum absolute atomic E-state index is 12.5. The first-order chi connectivity index (χ1) is 12.2. The SMILES string of the molecule is Cc1cc(NC2CCN(C(=O)c3ccccc3)CC2)nc(C2CC2)n1. The van der Waals surface area contributed by atoms with E-state index in [9.17, 15) is 4.79 Å². The largest absolute Gasteiger partial charge is 0.367 e. The van der Waals surface area contributed by atoms with Crippen LogP contribution in [0.25, 0.3) is 0 Å². The summed E-state index contributed by atoms with van der Waals surface area (Å²) < 4.78 is 0. The van der Waals surface area contributed by atoms with E-state index in [1.807, 2.05) is 48.2 Å². The lowest BCUT2D eigenvalue weighted by molar-refractivity contribution is 0.0718. The second-order valence-electron chi connectivity index (χ2n) is 7.10. The van der Waals surface area contributed by atoms with Crippen molar-refractivity contribution in [3.8, 4) is 0 Å². The van der Waals surface area contributed by atoms with E-state index >= 15 is 0 Å². The average molecular weight is 336 g/mol. The lowest BCUT2D eigenvalue weighted by Crippen LogP contribution is -2.42. The molecule has 2 heterocycles. The van der Waals surface area contributed by atoms with E-state index in [4.69, 9.17) is 0 Å². The van der Waals surface area contributed by atoms with Gasteiger partial charge in [-0.05, 0) is 44.7 Å². The van der Waals surface area contributed by atoms with E-state index in [1.165, 1.54) is 12.8 Å². The topological polar surface area (TPSA) is 58.1 Å². The number of carbonyl (C=O) groups is 1. The van der Waals surface area contributed by atoms with Crippen molar-refractivity contribution in [3.63, 3.8) is 0 Å². The van der Waals surface area contributed by atoms with Crippen LogP contribution in [-0.2, 0) is 0 Å². The number of hydrogen-bond acceptors (Lipinski definition) is 4. The van der Waals surface area contributed by atoms with Crippen LogP contribution in [0.3, 0.4) is 0 Å². The summed E-state index contributed by atoms with van der Waals surface area (Å²) in [5.74, 6) is 2.61. The normalized spacial score (nSPS) is 18.2. The van der Waals surface area contributed by atoms with E-state index in [2.05, 4.69) is 15.3 Å². The van der Waals surface area contributed by atoms with Gasteiger partial charge in [-0.15, -0.1) is 0 Å². The standard InChI is InChI=1S/C20H24N4O/c1-14-13-18(23-19(21-14)15-7-8-15)22-17-9-11-24(12-10-17)20(25)16-5-3-2-4-6-16/h2-6,13,15,17H,7-12H2,1H3,(H,21,22,23). The van der Waals surface area contributed by atoms with Crippen LogP contribution in [0.2, 0.25) is 0 Å². The number of amides is 1. The summed E-state index contributed by atoms with van der Waals surface area (Å²) in [7, 11) is 0. The van der Waals surface area contributed by atoms with Crippen molar-refractivity contribution in [3.05, 3.63) is 53.5 Å². The Morgan fingerprint density at radius 3 is 2.48 bits per heavy atom. The molecule has 1 aliphatic carbocycles. The highest BCUT2D eigenvalue weighted by atomic mass is 16.2. The number of likely N-dealkylation sites (tertiary alicyclic amines) is 1. The predicted octanol–water partition coefficient (Wildman–Crippen LogP) is 3.38. The summed E-state index contributed by atoms with van der Waals surface area (Å²) >= 11 is 0. The van der Waals surface area contributed by atoms with Crippen molar-refractivity contribution in [1.29, 1.82) is 0 Å². The van der Waals surface area contributed by atoms with Crippen LogP contribution in [0.4, 0.5) is 5.82 Å². The van der Waals surface area contributed by atoms with Crippen LogP contribution in [0, 0.1) is 6.92 Å². The zero-order valence-corrected chi connectivity index (χ0v) is 14.6. The van der Waals surface area contributed by atoms with Gasteiger partial charge in [0, 0.05) is 42.4 Å². The number of nitrogens with one attached hydrogen (secondary N) is 1. The maximum Gasteiger partial charge on any atom is 0.253 e. The lowest BCUT2D eigenvalue weighted by atomic mass is 10.0. The fourth-order valence-electron chi connectivity index (χ4n) is 3.39. The molecule has 25 heavy (non-hydrogen) atoms. The number of carbonyl (C=O) groups excluding carboxylic acids is 1. The van der Waals surface area contributed by atoms with Gasteiger partial charge in [-0.3, -0.25) is 4.79 Å². The van der Waals surface area contributed by atoms with Gasteiger partial charge >= 0.3 is 0 Å². The number of aromatic nitrogens is 2. The quantitative estimate of drug-likeness (QED) is 0.930. The van der Waals surface area contributed by atoms with Crippen molar-refractivity contribution < 1.29 is 4.79 Å². The van der Waals surface area contributed by atoms with Crippen LogP contribution in [0.15, 0.2) is 36.4 Å². The Morgan fingerprint density at radius 2 is 1.80 bits per heavy atom. The number of rotatable bonds is 4. The van der Waals surface area contributed by atoms with Gasteiger partial charge in [-0.2, -0.15) is 0 Å². The molecule has 2 aliphatic rings. The van der Waals surface area contributed by atoms with Gasteiger partial charge in [-0.25, -0.2) is 9.97 Å². The number of anilines is 1. The van der Waals surface area contributed by atoms with E-state index in [0.717, 1.165) is 48.8 Å². The zero-order chi connectivity index (χ0) is 17.2. The maximum atomic E-state index is 12.5. The van der Waals surface area contributed by atoms with Crippen LogP contribution in [0.1, 0.15) is 53.5 Å². The highest BCUT2D eigenvalue weighted by Gasteiger charge is 2.28. The minimum Gasteiger partial charge on any atom is -0.367 e. The van der Waals surface area contributed by atoms with Gasteiger partial charge in [0.15, 0.2) is 0 Å². The van der Waals surface area contributed by atoms with Crippen molar-refractivity contribution >= 4 is 11.7 Å². The summed E-state index contributed by atoms with van der Waals surface area (Å²) in [6.07, 6.45) is 4.31.